The lowest BCUT2D eigenvalue weighted by Gasteiger charge is -2.30. The third kappa shape index (κ3) is 2.94. The Kier molecular flexibility index (Phi) is 4.34. The number of carbonyl (C=O) groups excluding carboxylic acids is 1. The van der Waals surface area contributed by atoms with E-state index in [4.69, 9.17) is 9.15 Å². The first kappa shape index (κ1) is 15.6. The smallest absolute Gasteiger partial charge is 0.308 e. The second-order valence-corrected chi connectivity index (χ2v) is 5.77. The van der Waals surface area contributed by atoms with E-state index in [0.29, 0.717) is 30.5 Å². The van der Waals surface area contributed by atoms with Crippen LogP contribution in [-0.2, 0) is 16.1 Å². The van der Waals surface area contributed by atoms with E-state index in [9.17, 15) is 14.7 Å². The number of carboxylic acid groups (broad SMARTS) is 1. The first-order chi connectivity index (χ1) is 11.1. The maximum atomic E-state index is 12.8. The van der Waals surface area contributed by atoms with Crippen LogP contribution in [0, 0.1) is 5.92 Å². The summed E-state index contributed by atoms with van der Waals surface area (Å²) in [6.45, 7) is 1.04. The lowest BCUT2D eigenvalue weighted by molar-refractivity contribution is -0.143. The molecule has 3 rings (SSSR count). The van der Waals surface area contributed by atoms with Gasteiger partial charge in [-0.1, -0.05) is 18.2 Å². The molecule has 6 nitrogen and oxygen atoms in total. The van der Waals surface area contributed by atoms with Gasteiger partial charge in [0.15, 0.2) is 5.76 Å². The minimum absolute atomic E-state index is 0.220. The highest BCUT2D eigenvalue weighted by atomic mass is 16.5. The number of likely N-dealkylation sites (tertiary alicyclic amines) is 1. The molecule has 1 N–H and O–H groups in total. The number of piperidine rings is 1. The van der Waals surface area contributed by atoms with Crippen LogP contribution in [0.15, 0.2) is 28.7 Å². The van der Waals surface area contributed by atoms with E-state index in [1.165, 1.54) is 0 Å². The van der Waals surface area contributed by atoms with Crippen LogP contribution in [0.1, 0.15) is 29.0 Å². The van der Waals surface area contributed by atoms with Gasteiger partial charge in [0, 0.05) is 31.1 Å². The van der Waals surface area contributed by atoms with E-state index in [1.807, 2.05) is 24.3 Å². The fourth-order valence-electron chi connectivity index (χ4n) is 3.07. The van der Waals surface area contributed by atoms with Crippen LogP contribution in [0.25, 0.3) is 11.0 Å². The molecule has 0 radical (unpaired) electrons. The number of hydrogen-bond donors (Lipinski definition) is 1. The van der Waals surface area contributed by atoms with Crippen molar-refractivity contribution in [1.29, 1.82) is 0 Å². The van der Waals surface area contributed by atoms with Gasteiger partial charge in [0.1, 0.15) is 5.58 Å². The molecule has 2 aromatic rings. The van der Waals surface area contributed by atoms with Crippen molar-refractivity contribution in [1.82, 2.24) is 4.90 Å². The van der Waals surface area contributed by atoms with Crippen LogP contribution in [0.5, 0.6) is 0 Å². The van der Waals surface area contributed by atoms with Crippen LogP contribution in [0.2, 0.25) is 0 Å². The topological polar surface area (TPSA) is 80.0 Å². The van der Waals surface area contributed by atoms with Crippen LogP contribution in [0.3, 0.4) is 0 Å². The number of aliphatic carboxylic acids is 1. The molecular formula is C17H19NO5. The zero-order chi connectivity index (χ0) is 16.4. The fraction of sp³-hybridized carbons (Fsp3) is 0.412. The number of fused-ring (bicyclic) bond motifs is 1. The molecule has 1 amide bonds. The van der Waals surface area contributed by atoms with E-state index < -0.39 is 11.9 Å². The highest BCUT2D eigenvalue weighted by Gasteiger charge is 2.31. The maximum Gasteiger partial charge on any atom is 0.308 e. The summed E-state index contributed by atoms with van der Waals surface area (Å²) in [6, 6.07) is 7.42. The Bertz CT molecular complexity index is 736. The lowest BCUT2D eigenvalue weighted by atomic mass is 9.98. The molecule has 0 aliphatic carbocycles. The predicted octanol–water partition coefficient (Wildman–Crippen LogP) is 2.52. The zero-order valence-electron chi connectivity index (χ0n) is 12.9. The number of carbonyl (C=O) groups is 2. The quantitative estimate of drug-likeness (QED) is 0.937. The number of methoxy groups -OCH3 is 1. The van der Waals surface area contributed by atoms with Gasteiger partial charge in [0.05, 0.1) is 12.5 Å². The molecular weight excluding hydrogens is 298 g/mol. The van der Waals surface area contributed by atoms with Gasteiger partial charge in [-0.05, 0) is 18.9 Å². The summed E-state index contributed by atoms with van der Waals surface area (Å²) < 4.78 is 11.0. The maximum absolute atomic E-state index is 12.8. The molecule has 1 aromatic carbocycles. The molecule has 0 spiro atoms. The largest absolute Gasteiger partial charge is 0.481 e. The Balaban J connectivity index is 1.94. The Morgan fingerprint density at radius 3 is 2.91 bits per heavy atom. The van der Waals surface area contributed by atoms with Crippen molar-refractivity contribution in [3.05, 3.63) is 35.6 Å². The average molecular weight is 317 g/mol. The first-order valence-corrected chi connectivity index (χ1v) is 7.63. The van der Waals surface area contributed by atoms with Gasteiger partial charge in [-0.2, -0.15) is 0 Å². The van der Waals surface area contributed by atoms with Gasteiger partial charge in [-0.15, -0.1) is 0 Å². The second-order valence-electron chi connectivity index (χ2n) is 5.77. The summed E-state index contributed by atoms with van der Waals surface area (Å²) in [7, 11) is 1.57. The summed E-state index contributed by atoms with van der Waals surface area (Å²) in [5.74, 6) is -1.38. The summed E-state index contributed by atoms with van der Waals surface area (Å²) in [5, 5.41) is 10.0. The zero-order valence-corrected chi connectivity index (χ0v) is 12.9. The molecule has 122 valence electrons. The minimum atomic E-state index is -0.857. The standard InChI is InChI=1S/C17H19NO5/c1-22-10-13-12-6-2-3-7-14(12)23-15(13)16(19)18-8-4-5-11(9-18)17(20)21/h2-3,6-7,11H,4-5,8-10H2,1H3,(H,20,21)/t11-/m0/s1. The van der Waals surface area contributed by atoms with Crippen LogP contribution in [-0.4, -0.2) is 42.1 Å². The number of amides is 1. The Morgan fingerprint density at radius 1 is 1.39 bits per heavy atom. The number of ether oxygens (including phenoxy) is 1. The summed E-state index contributed by atoms with van der Waals surface area (Å²) in [6.07, 6.45) is 1.28. The molecule has 0 saturated carbocycles. The highest BCUT2D eigenvalue weighted by molar-refractivity contribution is 5.99. The molecule has 1 saturated heterocycles. The number of rotatable bonds is 4. The lowest BCUT2D eigenvalue weighted by Crippen LogP contribution is -2.42. The molecule has 23 heavy (non-hydrogen) atoms. The van der Waals surface area contributed by atoms with Crippen molar-refractivity contribution < 1.29 is 23.8 Å². The SMILES string of the molecule is COCc1c(C(=O)N2CCC[C@H](C(=O)O)C2)oc2ccccc12. The highest BCUT2D eigenvalue weighted by Crippen LogP contribution is 2.29. The van der Waals surface area contributed by atoms with Gasteiger partial charge < -0.3 is 19.2 Å². The summed E-state index contributed by atoms with van der Waals surface area (Å²) in [4.78, 5) is 25.6. The van der Waals surface area contributed by atoms with Gasteiger partial charge in [-0.25, -0.2) is 0 Å². The second kappa shape index (κ2) is 6.42. The molecule has 1 aliphatic rings. The average Bonchev–Trinajstić information content (AvgIpc) is 2.93. The first-order valence-electron chi connectivity index (χ1n) is 7.63. The number of nitrogens with zero attached hydrogens (tertiary/aromatic N) is 1. The Morgan fingerprint density at radius 2 is 2.17 bits per heavy atom. The molecule has 0 bridgehead atoms. The van der Waals surface area contributed by atoms with Crippen molar-refractivity contribution in [3.63, 3.8) is 0 Å². The number of carboxylic acids is 1. The van der Waals surface area contributed by atoms with E-state index >= 15 is 0 Å². The molecule has 2 heterocycles. The molecule has 1 atom stereocenters. The summed E-state index contributed by atoms with van der Waals surface area (Å²) in [5.41, 5.74) is 1.35. The number of para-hydroxylation sites is 1. The van der Waals surface area contributed by atoms with Crippen molar-refractivity contribution in [2.45, 2.75) is 19.4 Å². The summed E-state index contributed by atoms with van der Waals surface area (Å²) >= 11 is 0. The molecule has 1 fully saturated rings. The van der Waals surface area contributed by atoms with Crippen LogP contribution in [0.4, 0.5) is 0 Å². The molecule has 0 unspecified atom stereocenters. The van der Waals surface area contributed by atoms with E-state index in [1.54, 1.807) is 12.0 Å². The van der Waals surface area contributed by atoms with Gasteiger partial charge in [0.25, 0.3) is 5.91 Å². The van der Waals surface area contributed by atoms with E-state index in [0.717, 1.165) is 5.39 Å². The van der Waals surface area contributed by atoms with Crippen molar-refractivity contribution >= 4 is 22.8 Å². The number of furan rings is 1. The van der Waals surface area contributed by atoms with Crippen LogP contribution < -0.4 is 0 Å². The van der Waals surface area contributed by atoms with E-state index in [2.05, 4.69) is 0 Å². The third-order valence-electron chi connectivity index (χ3n) is 4.24. The van der Waals surface area contributed by atoms with Crippen molar-refractivity contribution in [2.24, 2.45) is 5.92 Å². The Hall–Kier alpha value is -2.34. The van der Waals surface area contributed by atoms with Gasteiger partial charge in [-0.3, -0.25) is 9.59 Å². The van der Waals surface area contributed by atoms with Crippen molar-refractivity contribution in [2.75, 3.05) is 20.2 Å². The monoisotopic (exact) mass is 317 g/mol. The number of hydrogen-bond acceptors (Lipinski definition) is 4. The molecule has 1 aromatic heterocycles. The normalized spacial score (nSPS) is 18.3. The fourth-order valence-corrected chi connectivity index (χ4v) is 3.07. The number of benzene rings is 1. The molecule has 6 heteroatoms. The van der Waals surface area contributed by atoms with E-state index in [-0.39, 0.29) is 24.8 Å². The molecule has 1 aliphatic heterocycles. The van der Waals surface area contributed by atoms with Crippen molar-refractivity contribution in [3.8, 4) is 0 Å². The predicted molar refractivity (Wildman–Crippen MR) is 83.2 cm³/mol. The van der Waals surface area contributed by atoms with Gasteiger partial charge in [0.2, 0.25) is 0 Å². The Labute approximate surface area is 133 Å². The minimum Gasteiger partial charge on any atom is -0.481 e. The van der Waals surface area contributed by atoms with Crippen LogP contribution >= 0.6 is 0 Å². The third-order valence-corrected chi connectivity index (χ3v) is 4.24. The van der Waals surface area contributed by atoms with Gasteiger partial charge >= 0.3 is 5.97 Å².